The number of esters is 1. The average molecular weight is 242 g/mol. The molecule has 16 heavy (non-hydrogen) atoms. The smallest absolute Gasteiger partial charge is 0.306 e. The first kappa shape index (κ1) is 13.0. The predicted molar refractivity (Wildman–Crippen MR) is 64.1 cm³/mol. The fraction of sp³-hybridized carbons (Fsp3) is 0.417. The molecule has 1 rings (SSSR count). The molecular weight excluding hydrogens is 226 g/mol. The Hall–Kier alpha value is -1.06. The zero-order valence-electron chi connectivity index (χ0n) is 9.28. The summed E-state index contributed by atoms with van der Waals surface area (Å²) in [4.78, 5) is 11.4. The van der Waals surface area contributed by atoms with E-state index in [0.717, 1.165) is 5.56 Å². The summed E-state index contributed by atoms with van der Waals surface area (Å²) >= 11 is 5.81. The van der Waals surface area contributed by atoms with Crippen LogP contribution in [0.4, 0.5) is 0 Å². The zero-order valence-corrected chi connectivity index (χ0v) is 10.0. The first-order valence-electron chi connectivity index (χ1n) is 5.22. The van der Waals surface area contributed by atoms with Crippen molar-refractivity contribution in [1.82, 2.24) is 0 Å². The minimum Gasteiger partial charge on any atom is -0.461 e. The number of nitrogens with two attached hydrogens (primary N) is 1. The summed E-state index contributed by atoms with van der Waals surface area (Å²) in [6.45, 7) is 2.67. The SMILES string of the molecule is CC(CN)CC(=O)OCc1cccc(Cl)c1. The molecule has 0 amide bonds. The molecule has 0 aliphatic rings. The Morgan fingerprint density at radius 3 is 2.94 bits per heavy atom. The molecule has 1 aromatic rings. The Kier molecular flexibility index (Phi) is 5.29. The Bertz CT molecular complexity index is 355. The average Bonchev–Trinajstić information content (AvgIpc) is 2.26. The van der Waals surface area contributed by atoms with E-state index in [2.05, 4.69) is 0 Å². The topological polar surface area (TPSA) is 52.3 Å². The van der Waals surface area contributed by atoms with Crippen LogP contribution in [0.1, 0.15) is 18.9 Å². The second-order valence-corrected chi connectivity index (χ2v) is 4.27. The van der Waals surface area contributed by atoms with Gasteiger partial charge in [0.25, 0.3) is 0 Å². The first-order chi connectivity index (χ1) is 7.61. The highest BCUT2D eigenvalue weighted by Crippen LogP contribution is 2.12. The molecule has 4 heteroatoms. The third-order valence-corrected chi connectivity index (χ3v) is 2.44. The van der Waals surface area contributed by atoms with Crippen LogP contribution in [0.25, 0.3) is 0 Å². The molecular formula is C12H16ClNO2. The van der Waals surface area contributed by atoms with Crippen LogP contribution in [0.2, 0.25) is 5.02 Å². The molecule has 0 fully saturated rings. The standard InChI is InChI=1S/C12H16ClNO2/c1-9(7-14)5-12(15)16-8-10-3-2-4-11(13)6-10/h2-4,6,9H,5,7-8,14H2,1H3. The van der Waals surface area contributed by atoms with Gasteiger partial charge in [0.05, 0.1) is 0 Å². The van der Waals surface area contributed by atoms with Crippen molar-refractivity contribution < 1.29 is 9.53 Å². The number of rotatable bonds is 5. The van der Waals surface area contributed by atoms with Gasteiger partial charge < -0.3 is 10.5 Å². The number of ether oxygens (including phenoxy) is 1. The van der Waals surface area contributed by atoms with Crippen LogP contribution in [-0.4, -0.2) is 12.5 Å². The van der Waals surface area contributed by atoms with E-state index in [9.17, 15) is 4.79 Å². The summed E-state index contributed by atoms with van der Waals surface area (Å²) in [7, 11) is 0. The fourth-order valence-corrected chi connectivity index (χ4v) is 1.43. The Morgan fingerprint density at radius 1 is 1.56 bits per heavy atom. The van der Waals surface area contributed by atoms with Crippen molar-refractivity contribution in [3.05, 3.63) is 34.9 Å². The van der Waals surface area contributed by atoms with E-state index in [1.54, 1.807) is 12.1 Å². The second kappa shape index (κ2) is 6.51. The molecule has 0 radical (unpaired) electrons. The molecule has 2 N–H and O–H groups in total. The van der Waals surface area contributed by atoms with Crippen molar-refractivity contribution in [2.24, 2.45) is 11.7 Å². The molecule has 3 nitrogen and oxygen atoms in total. The highest BCUT2D eigenvalue weighted by molar-refractivity contribution is 6.30. The van der Waals surface area contributed by atoms with Crippen LogP contribution in [0.3, 0.4) is 0 Å². The van der Waals surface area contributed by atoms with Crippen LogP contribution < -0.4 is 5.73 Å². The van der Waals surface area contributed by atoms with E-state index in [-0.39, 0.29) is 18.5 Å². The largest absolute Gasteiger partial charge is 0.461 e. The van der Waals surface area contributed by atoms with Gasteiger partial charge in [-0.2, -0.15) is 0 Å². The lowest BCUT2D eigenvalue weighted by Crippen LogP contribution is -2.16. The monoisotopic (exact) mass is 241 g/mol. The summed E-state index contributed by atoms with van der Waals surface area (Å²) < 4.78 is 5.10. The Morgan fingerprint density at radius 2 is 2.31 bits per heavy atom. The molecule has 0 aliphatic carbocycles. The van der Waals surface area contributed by atoms with Crippen LogP contribution in [0.5, 0.6) is 0 Å². The van der Waals surface area contributed by atoms with Gasteiger partial charge >= 0.3 is 5.97 Å². The van der Waals surface area contributed by atoms with E-state index >= 15 is 0 Å². The van der Waals surface area contributed by atoms with E-state index < -0.39 is 0 Å². The maximum atomic E-state index is 11.4. The third-order valence-electron chi connectivity index (χ3n) is 2.21. The molecule has 0 aliphatic heterocycles. The minimum atomic E-state index is -0.224. The molecule has 0 aromatic heterocycles. The van der Waals surface area contributed by atoms with Crippen molar-refractivity contribution in [3.63, 3.8) is 0 Å². The van der Waals surface area contributed by atoms with Crippen LogP contribution >= 0.6 is 11.6 Å². The summed E-state index contributed by atoms with van der Waals surface area (Å²) in [6.07, 6.45) is 0.358. The van der Waals surface area contributed by atoms with Crippen LogP contribution in [0, 0.1) is 5.92 Å². The number of carbonyl (C=O) groups excluding carboxylic acids is 1. The van der Waals surface area contributed by atoms with Gasteiger partial charge in [0.2, 0.25) is 0 Å². The van der Waals surface area contributed by atoms with Gasteiger partial charge in [-0.3, -0.25) is 4.79 Å². The zero-order chi connectivity index (χ0) is 12.0. The number of hydrogen-bond acceptors (Lipinski definition) is 3. The lowest BCUT2D eigenvalue weighted by atomic mass is 10.1. The molecule has 1 atom stereocenters. The second-order valence-electron chi connectivity index (χ2n) is 3.84. The number of carbonyl (C=O) groups is 1. The van der Waals surface area contributed by atoms with Crippen molar-refractivity contribution in [2.75, 3.05) is 6.54 Å². The molecule has 1 aromatic carbocycles. The highest BCUT2D eigenvalue weighted by Gasteiger charge is 2.08. The maximum absolute atomic E-state index is 11.4. The lowest BCUT2D eigenvalue weighted by molar-refractivity contribution is -0.145. The number of halogens is 1. The lowest BCUT2D eigenvalue weighted by Gasteiger charge is -2.08. The van der Waals surface area contributed by atoms with Gasteiger partial charge in [-0.25, -0.2) is 0 Å². The van der Waals surface area contributed by atoms with Crippen molar-refractivity contribution in [1.29, 1.82) is 0 Å². The van der Waals surface area contributed by atoms with Crippen LogP contribution in [0.15, 0.2) is 24.3 Å². The molecule has 0 spiro atoms. The first-order valence-corrected chi connectivity index (χ1v) is 5.59. The highest BCUT2D eigenvalue weighted by atomic mass is 35.5. The normalized spacial score (nSPS) is 12.2. The van der Waals surface area contributed by atoms with Gasteiger partial charge in [-0.05, 0) is 30.2 Å². The summed E-state index contributed by atoms with van der Waals surface area (Å²) in [5.41, 5.74) is 6.31. The molecule has 88 valence electrons. The summed E-state index contributed by atoms with van der Waals surface area (Å²) in [6, 6.07) is 7.25. The van der Waals surface area contributed by atoms with Gasteiger partial charge in [-0.15, -0.1) is 0 Å². The van der Waals surface area contributed by atoms with E-state index in [0.29, 0.717) is 18.0 Å². The Balaban J connectivity index is 2.37. The maximum Gasteiger partial charge on any atom is 0.306 e. The van der Waals surface area contributed by atoms with E-state index in [1.165, 1.54) is 0 Å². The van der Waals surface area contributed by atoms with Crippen molar-refractivity contribution in [3.8, 4) is 0 Å². The predicted octanol–water partition coefficient (Wildman–Crippen LogP) is 2.37. The molecule has 0 heterocycles. The molecule has 1 unspecified atom stereocenters. The van der Waals surface area contributed by atoms with Crippen LogP contribution in [-0.2, 0) is 16.1 Å². The molecule has 0 bridgehead atoms. The molecule has 0 saturated carbocycles. The number of benzene rings is 1. The molecule has 0 saturated heterocycles. The van der Waals surface area contributed by atoms with E-state index in [4.69, 9.17) is 22.1 Å². The summed E-state index contributed by atoms with van der Waals surface area (Å²) in [5.74, 6) is -0.0650. The quantitative estimate of drug-likeness (QED) is 0.806. The third kappa shape index (κ3) is 4.64. The summed E-state index contributed by atoms with van der Waals surface area (Å²) in [5, 5.41) is 0.642. The Labute approximate surface area is 101 Å². The van der Waals surface area contributed by atoms with Crippen molar-refractivity contribution in [2.45, 2.75) is 20.0 Å². The van der Waals surface area contributed by atoms with Crippen molar-refractivity contribution >= 4 is 17.6 Å². The fourth-order valence-electron chi connectivity index (χ4n) is 1.22. The van der Waals surface area contributed by atoms with E-state index in [1.807, 2.05) is 19.1 Å². The van der Waals surface area contributed by atoms with Gasteiger partial charge in [0, 0.05) is 11.4 Å². The van der Waals surface area contributed by atoms with Gasteiger partial charge in [0.15, 0.2) is 0 Å². The van der Waals surface area contributed by atoms with Gasteiger partial charge in [-0.1, -0.05) is 30.7 Å². The van der Waals surface area contributed by atoms with Gasteiger partial charge in [0.1, 0.15) is 6.61 Å². The number of hydrogen-bond donors (Lipinski definition) is 1. The minimum absolute atomic E-state index is 0.159.